The lowest BCUT2D eigenvalue weighted by molar-refractivity contribution is 0.529. The first-order valence-electron chi connectivity index (χ1n) is 5.54. The molecule has 90 valence electrons. The maximum atomic E-state index is 6.02. The second kappa shape index (κ2) is 4.49. The number of aryl methyl sites for hydroxylation is 2. The highest BCUT2D eigenvalue weighted by molar-refractivity contribution is 5.66. The Morgan fingerprint density at radius 1 is 1.35 bits per heavy atom. The predicted octanol–water partition coefficient (Wildman–Crippen LogP) is 2.51. The molecule has 4 nitrogen and oxygen atoms in total. The van der Waals surface area contributed by atoms with Gasteiger partial charge in [-0.1, -0.05) is 0 Å². The third-order valence-electron chi connectivity index (χ3n) is 2.92. The average Bonchev–Trinajstić information content (AvgIpc) is 2.68. The summed E-state index contributed by atoms with van der Waals surface area (Å²) in [6.07, 6.45) is 3.48. The second-order valence-electron chi connectivity index (χ2n) is 4.22. The van der Waals surface area contributed by atoms with Crippen LogP contribution in [0.4, 0.5) is 11.5 Å². The van der Waals surface area contributed by atoms with Crippen molar-refractivity contribution in [3.63, 3.8) is 0 Å². The van der Waals surface area contributed by atoms with Crippen molar-refractivity contribution >= 4 is 11.5 Å². The summed E-state index contributed by atoms with van der Waals surface area (Å²) in [5.74, 6) is 1.74. The van der Waals surface area contributed by atoms with Gasteiger partial charge in [0.05, 0.1) is 12.0 Å². The Balaban J connectivity index is 2.23. The summed E-state index contributed by atoms with van der Waals surface area (Å²) in [6.45, 7) is 4.68. The van der Waals surface area contributed by atoms with Gasteiger partial charge in [0.15, 0.2) is 5.82 Å². The third-order valence-corrected chi connectivity index (χ3v) is 2.92. The molecule has 0 amide bonds. The summed E-state index contributed by atoms with van der Waals surface area (Å²) >= 11 is 0. The molecule has 2 N–H and O–H groups in total. The largest absolute Gasteiger partial charge is 0.469 e. The molecule has 0 unspecified atom stereocenters. The highest BCUT2D eigenvalue weighted by Crippen LogP contribution is 2.24. The van der Waals surface area contributed by atoms with E-state index in [1.165, 1.54) is 0 Å². The molecule has 2 aromatic rings. The maximum absolute atomic E-state index is 6.02. The number of nitrogens with zero attached hydrogens (tertiary/aromatic N) is 2. The average molecular weight is 231 g/mol. The van der Waals surface area contributed by atoms with Crippen LogP contribution >= 0.6 is 0 Å². The van der Waals surface area contributed by atoms with Gasteiger partial charge in [-0.3, -0.25) is 0 Å². The lowest BCUT2D eigenvalue weighted by atomic mass is 10.2. The second-order valence-corrected chi connectivity index (χ2v) is 4.22. The van der Waals surface area contributed by atoms with Crippen LogP contribution in [0.2, 0.25) is 0 Å². The fourth-order valence-electron chi connectivity index (χ4n) is 1.77. The van der Waals surface area contributed by atoms with Gasteiger partial charge in [0, 0.05) is 25.4 Å². The van der Waals surface area contributed by atoms with E-state index in [2.05, 4.69) is 4.98 Å². The molecule has 0 bridgehead atoms. The van der Waals surface area contributed by atoms with Crippen LogP contribution in [-0.4, -0.2) is 12.0 Å². The molecular formula is C13H17N3O. The number of aromatic nitrogens is 1. The standard InChI is InChI=1S/C13H17N3O/c1-9-4-6-15-13(12(9)14)16(3)8-11-5-7-17-10(11)2/h4-7H,8,14H2,1-3H3. The van der Waals surface area contributed by atoms with Crippen molar-refractivity contribution in [1.29, 1.82) is 0 Å². The summed E-state index contributed by atoms with van der Waals surface area (Å²) in [6, 6.07) is 3.88. The number of nitrogens with two attached hydrogens (primary N) is 1. The molecule has 2 heterocycles. The fraction of sp³-hybridized carbons (Fsp3) is 0.308. The minimum atomic E-state index is 0.733. The van der Waals surface area contributed by atoms with Crippen LogP contribution in [0.1, 0.15) is 16.9 Å². The zero-order chi connectivity index (χ0) is 12.4. The van der Waals surface area contributed by atoms with E-state index in [4.69, 9.17) is 10.2 Å². The van der Waals surface area contributed by atoms with E-state index in [1.54, 1.807) is 12.5 Å². The predicted molar refractivity (Wildman–Crippen MR) is 68.9 cm³/mol. The molecule has 0 saturated heterocycles. The van der Waals surface area contributed by atoms with Crippen molar-refractivity contribution in [2.24, 2.45) is 0 Å². The van der Waals surface area contributed by atoms with Gasteiger partial charge < -0.3 is 15.1 Å². The number of pyridine rings is 1. The smallest absolute Gasteiger partial charge is 0.152 e. The van der Waals surface area contributed by atoms with Crippen LogP contribution < -0.4 is 10.6 Å². The van der Waals surface area contributed by atoms with Gasteiger partial charge in [-0.05, 0) is 31.5 Å². The van der Waals surface area contributed by atoms with Crippen molar-refractivity contribution in [2.45, 2.75) is 20.4 Å². The highest BCUT2D eigenvalue weighted by Gasteiger charge is 2.11. The molecule has 0 saturated carbocycles. The molecule has 0 aliphatic heterocycles. The quantitative estimate of drug-likeness (QED) is 0.881. The number of rotatable bonds is 3. The molecule has 0 spiro atoms. The number of hydrogen-bond donors (Lipinski definition) is 1. The van der Waals surface area contributed by atoms with E-state index >= 15 is 0 Å². The zero-order valence-corrected chi connectivity index (χ0v) is 10.4. The lowest BCUT2D eigenvalue weighted by Crippen LogP contribution is -2.19. The first-order chi connectivity index (χ1) is 8.09. The molecule has 0 fully saturated rings. The topological polar surface area (TPSA) is 55.3 Å². The van der Waals surface area contributed by atoms with Crippen molar-refractivity contribution in [3.05, 3.63) is 41.5 Å². The Morgan fingerprint density at radius 2 is 2.12 bits per heavy atom. The highest BCUT2D eigenvalue weighted by atomic mass is 16.3. The Labute approximate surface area is 101 Å². The third kappa shape index (κ3) is 2.25. The van der Waals surface area contributed by atoms with Crippen molar-refractivity contribution in [1.82, 2.24) is 4.98 Å². The van der Waals surface area contributed by atoms with Crippen LogP contribution in [0.15, 0.2) is 29.0 Å². The normalized spacial score (nSPS) is 10.5. The van der Waals surface area contributed by atoms with Crippen LogP contribution in [0, 0.1) is 13.8 Å². The van der Waals surface area contributed by atoms with Crippen LogP contribution in [0.5, 0.6) is 0 Å². The molecule has 0 aromatic carbocycles. The molecule has 0 aliphatic carbocycles. The molecule has 0 aliphatic rings. The molecule has 4 heteroatoms. The minimum absolute atomic E-state index is 0.733. The SMILES string of the molecule is Cc1ccnc(N(C)Cc2ccoc2C)c1N. The van der Waals surface area contributed by atoms with E-state index in [9.17, 15) is 0 Å². The number of hydrogen-bond acceptors (Lipinski definition) is 4. The van der Waals surface area contributed by atoms with Gasteiger partial charge in [0.25, 0.3) is 0 Å². The Morgan fingerprint density at radius 3 is 2.76 bits per heavy atom. The molecule has 17 heavy (non-hydrogen) atoms. The van der Waals surface area contributed by atoms with E-state index in [-0.39, 0.29) is 0 Å². The van der Waals surface area contributed by atoms with E-state index < -0.39 is 0 Å². The number of furan rings is 1. The first kappa shape index (κ1) is 11.5. The van der Waals surface area contributed by atoms with Gasteiger partial charge in [0.1, 0.15) is 5.76 Å². The van der Waals surface area contributed by atoms with Crippen molar-refractivity contribution in [3.8, 4) is 0 Å². The van der Waals surface area contributed by atoms with Crippen molar-refractivity contribution < 1.29 is 4.42 Å². The minimum Gasteiger partial charge on any atom is -0.469 e. The van der Waals surface area contributed by atoms with E-state index in [0.717, 1.165) is 34.9 Å². The Bertz CT molecular complexity index is 519. The van der Waals surface area contributed by atoms with Crippen LogP contribution in [-0.2, 0) is 6.54 Å². The van der Waals surface area contributed by atoms with Gasteiger partial charge in [-0.15, -0.1) is 0 Å². The summed E-state index contributed by atoms with van der Waals surface area (Å²) in [4.78, 5) is 6.35. The molecule has 0 atom stereocenters. The summed E-state index contributed by atoms with van der Waals surface area (Å²) in [5.41, 5.74) is 8.95. The molecule has 2 aromatic heterocycles. The van der Waals surface area contributed by atoms with Crippen molar-refractivity contribution in [2.75, 3.05) is 17.7 Å². The molecular weight excluding hydrogens is 214 g/mol. The number of nitrogen functional groups attached to an aromatic ring is 1. The Hall–Kier alpha value is -1.97. The van der Waals surface area contributed by atoms with E-state index in [0.29, 0.717) is 0 Å². The fourth-order valence-corrected chi connectivity index (χ4v) is 1.77. The van der Waals surface area contributed by atoms with E-state index in [1.807, 2.05) is 37.9 Å². The molecule has 0 radical (unpaired) electrons. The van der Waals surface area contributed by atoms with Gasteiger partial charge in [-0.2, -0.15) is 0 Å². The van der Waals surface area contributed by atoms with Crippen LogP contribution in [0.3, 0.4) is 0 Å². The van der Waals surface area contributed by atoms with Gasteiger partial charge in [0.2, 0.25) is 0 Å². The Kier molecular flexibility index (Phi) is 3.04. The maximum Gasteiger partial charge on any atom is 0.152 e. The first-order valence-corrected chi connectivity index (χ1v) is 5.54. The van der Waals surface area contributed by atoms with Gasteiger partial charge >= 0.3 is 0 Å². The molecule has 2 rings (SSSR count). The monoisotopic (exact) mass is 231 g/mol. The number of anilines is 2. The summed E-state index contributed by atoms with van der Waals surface area (Å²) in [7, 11) is 1.98. The zero-order valence-electron chi connectivity index (χ0n) is 10.4. The van der Waals surface area contributed by atoms with Gasteiger partial charge in [-0.25, -0.2) is 4.98 Å². The lowest BCUT2D eigenvalue weighted by Gasteiger charge is -2.20. The summed E-state index contributed by atoms with van der Waals surface area (Å²) in [5, 5.41) is 0. The summed E-state index contributed by atoms with van der Waals surface area (Å²) < 4.78 is 5.28. The van der Waals surface area contributed by atoms with Crippen LogP contribution in [0.25, 0.3) is 0 Å².